The van der Waals surface area contributed by atoms with Crippen molar-refractivity contribution in [1.82, 2.24) is 9.88 Å². The highest BCUT2D eigenvalue weighted by Crippen LogP contribution is 2.67. The van der Waals surface area contributed by atoms with Gasteiger partial charge in [-0.25, -0.2) is 0 Å². The van der Waals surface area contributed by atoms with Crippen LogP contribution in [0.2, 0.25) is 0 Å². The molecule has 8 atom stereocenters. The van der Waals surface area contributed by atoms with E-state index >= 15 is 0 Å². The maximum Gasteiger partial charge on any atom is 0.251 e. The lowest BCUT2D eigenvalue weighted by molar-refractivity contribution is -0.167. The number of anilines is 1. The Morgan fingerprint density at radius 2 is 2.06 bits per heavy atom. The quantitative estimate of drug-likeness (QED) is 0.601. The Balaban J connectivity index is 1.38. The Bertz CT molecular complexity index is 1220. The van der Waals surface area contributed by atoms with Gasteiger partial charge in [0.25, 0.3) is 5.91 Å². The normalized spacial score (nSPS) is 42.7. The molecule has 3 aliphatic carbocycles. The topological polar surface area (TPSA) is 94.9 Å². The number of aliphatic hydroxyl groups excluding tert-OH is 2. The third-order valence-electron chi connectivity index (χ3n) is 10.1. The van der Waals surface area contributed by atoms with E-state index in [1.54, 1.807) is 6.20 Å². The van der Waals surface area contributed by atoms with E-state index in [4.69, 9.17) is 4.74 Å². The van der Waals surface area contributed by atoms with Gasteiger partial charge < -0.3 is 25.2 Å². The Kier molecular flexibility index (Phi) is 5.24. The number of amides is 1. The minimum absolute atomic E-state index is 0.0696. The average molecular weight is 492 g/mol. The van der Waals surface area contributed by atoms with Crippen LogP contribution in [-0.4, -0.2) is 69.6 Å². The van der Waals surface area contributed by atoms with E-state index in [-0.39, 0.29) is 29.2 Å². The number of aliphatic hydroxyl groups is 2. The Hall–Kier alpha value is -2.32. The van der Waals surface area contributed by atoms with E-state index in [2.05, 4.69) is 42.4 Å². The zero-order valence-corrected chi connectivity index (χ0v) is 21.8. The molecule has 2 spiro atoms. The van der Waals surface area contributed by atoms with E-state index < -0.39 is 23.4 Å². The van der Waals surface area contributed by atoms with Gasteiger partial charge in [0.15, 0.2) is 0 Å². The van der Waals surface area contributed by atoms with Crippen LogP contribution in [0.25, 0.3) is 0 Å². The maximum atomic E-state index is 13.6. The molecule has 2 bridgehead atoms. The molecule has 1 amide bonds. The lowest BCUT2D eigenvalue weighted by atomic mass is 9.55. The van der Waals surface area contributed by atoms with Gasteiger partial charge in [-0.15, -0.1) is 0 Å². The molecule has 2 aliphatic heterocycles. The summed E-state index contributed by atoms with van der Waals surface area (Å²) >= 11 is 0. The molecular formula is C29H37N3O4. The first-order chi connectivity index (χ1) is 17.0. The number of rotatable bonds is 3. The molecule has 1 aromatic heterocycles. The number of likely N-dealkylation sites (N-methyl/N-ethyl adjacent to an activating group) is 1. The number of allylic oxidation sites excluding steroid dienone is 2. The molecule has 3 heterocycles. The van der Waals surface area contributed by atoms with Gasteiger partial charge in [-0.1, -0.05) is 32.1 Å². The smallest absolute Gasteiger partial charge is 0.251 e. The number of carbonyl (C=O) groups is 1. The van der Waals surface area contributed by atoms with Crippen LogP contribution < -0.4 is 5.32 Å². The fourth-order valence-electron chi connectivity index (χ4n) is 7.97. The number of pyridine rings is 1. The zero-order valence-electron chi connectivity index (χ0n) is 21.8. The summed E-state index contributed by atoms with van der Waals surface area (Å²) in [6.07, 6.45) is 9.50. The van der Waals surface area contributed by atoms with Crippen LogP contribution in [0.4, 0.5) is 5.69 Å². The standard InChI is InChI=1S/C29H37N3O4/c1-16-13-18-14-20-24(33)25(34)22(32(4)5)15-28(20)10-11-29(18,36-28)23-9-8-19(27(16,23)3)26(35)31-21-7-6-12-30-17(21)2/h6-8,12-14,16,22-25,33-34H,9-11,15H2,1-5H3,(H,31,35)/t16?,22-,23?,24+,25+,27+,28+,29+/m0/s1. The molecule has 3 N–H and O–H groups in total. The zero-order chi connectivity index (χ0) is 25.6. The second-order valence-electron chi connectivity index (χ2n) is 11.9. The predicted octanol–water partition coefficient (Wildman–Crippen LogP) is 3.14. The summed E-state index contributed by atoms with van der Waals surface area (Å²) < 4.78 is 7.16. The van der Waals surface area contributed by atoms with Crippen molar-refractivity contribution in [3.8, 4) is 0 Å². The van der Waals surface area contributed by atoms with Crippen molar-refractivity contribution in [1.29, 1.82) is 0 Å². The van der Waals surface area contributed by atoms with Crippen molar-refractivity contribution in [2.75, 3.05) is 19.4 Å². The second-order valence-corrected chi connectivity index (χ2v) is 11.9. The van der Waals surface area contributed by atoms with Crippen LogP contribution in [0.15, 0.2) is 53.3 Å². The molecule has 7 heteroatoms. The molecule has 6 rings (SSSR count). The number of hydrogen-bond donors (Lipinski definition) is 3. The molecule has 0 aromatic carbocycles. The van der Waals surface area contributed by atoms with Gasteiger partial charge in [-0.3, -0.25) is 9.78 Å². The van der Waals surface area contributed by atoms with E-state index in [9.17, 15) is 15.0 Å². The van der Waals surface area contributed by atoms with Crippen molar-refractivity contribution in [3.05, 3.63) is 59.0 Å². The van der Waals surface area contributed by atoms with E-state index in [0.717, 1.165) is 47.4 Å². The van der Waals surface area contributed by atoms with Crippen LogP contribution in [0.3, 0.4) is 0 Å². The minimum atomic E-state index is -0.947. The van der Waals surface area contributed by atoms with Gasteiger partial charge in [0.05, 0.1) is 28.7 Å². The van der Waals surface area contributed by atoms with Crippen molar-refractivity contribution in [2.45, 2.75) is 75.9 Å². The molecule has 5 aliphatic rings. The van der Waals surface area contributed by atoms with Crippen LogP contribution in [0.1, 0.15) is 45.2 Å². The molecule has 7 nitrogen and oxygen atoms in total. The van der Waals surface area contributed by atoms with Gasteiger partial charge in [0.1, 0.15) is 6.10 Å². The summed E-state index contributed by atoms with van der Waals surface area (Å²) in [6, 6.07) is 3.54. The molecule has 2 fully saturated rings. The summed E-state index contributed by atoms with van der Waals surface area (Å²) in [5.41, 5.74) is 2.82. The van der Waals surface area contributed by atoms with E-state index in [0.29, 0.717) is 6.42 Å². The van der Waals surface area contributed by atoms with Gasteiger partial charge in [-0.2, -0.15) is 0 Å². The molecule has 1 aromatic rings. The van der Waals surface area contributed by atoms with E-state index in [1.807, 2.05) is 38.1 Å². The highest BCUT2D eigenvalue weighted by Gasteiger charge is 2.68. The van der Waals surface area contributed by atoms with Crippen molar-refractivity contribution in [3.63, 3.8) is 0 Å². The molecule has 1 saturated heterocycles. The lowest BCUT2D eigenvalue weighted by Crippen LogP contribution is -2.62. The first-order valence-electron chi connectivity index (χ1n) is 13.1. The maximum absolute atomic E-state index is 13.6. The summed E-state index contributed by atoms with van der Waals surface area (Å²) in [7, 11) is 3.89. The molecule has 0 radical (unpaired) electrons. The van der Waals surface area contributed by atoms with Crippen molar-refractivity contribution < 1.29 is 19.7 Å². The largest absolute Gasteiger partial charge is 0.388 e. The molecule has 192 valence electrons. The average Bonchev–Trinajstić information content (AvgIpc) is 3.36. The van der Waals surface area contributed by atoms with Gasteiger partial charge in [-0.05, 0) is 75.9 Å². The minimum Gasteiger partial charge on any atom is -0.388 e. The van der Waals surface area contributed by atoms with Gasteiger partial charge in [0, 0.05) is 29.1 Å². The number of ether oxygens (including phenoxy) is 1. The Morgan fingerprint density at radius 1 is 1.28 bits per heavy atom. The van der Waals surface area contributed by atoms with Crippen LogP contribution in [-0.2, 0) is 9.53 Å². The monoisotopic (exact) mass is 491 g/mol. The lowest BCUT2D eigenvalue weighted by Gasteiger charge is -2.57. The predicted molar refractivity (Wildman–Crippen MR) is 137 cm³/mol. The Morgan fingerprint density at radius 3 is 2.78 bits per heavy atom. The molecule has 1 saturated carbocycles. The number of hydrogen-bond acceptors (Lipinski definition) is 6. The number of aromatic nitrogens is 1. The van der Waals surface area contributed by atoms with Crippen LogP contribution >= 0.6 is 0 Å². The first kappa shape index (κ1) is 24.0. The number of carbonyl (C=O) groups excluding carboxylic acids is 1. The third-order valence-corrected chi connectivity index (χ3v) is 10.1. The number of nitrogens with one attached hydrogen (secondary N) is 1. The number of nitrogens with zero attached hydrogens (tertiary/aromatic N) is 2. The van der Waals surface area contributed by atoms with E-state index in [1.165, 1.54) is 0 Å². The molecular weight excluding hydrogens is 454 g/mol. The molecule has 2 unspecified atom stereocenters. The Labute approximate surface area is 212 Å². The number of aryl methyl sites for hydroxylation is 1. The summed E-state index contributed by atoms with van der Waals surface area (Å²) in [6.45, 7) is 6.29. The number of fused-ring (bicyclic) bond motifs is 1. The SMILES string of the molecule is Cc1ncccc1NC(=O)C1=CCC2[C@]1(C)C(C)C=C1C=C3[C@@H](O)[C@H](O)[C@@H](N(C)C)C[C@]34CC[C@@]12O4. The third kappa shape index (κ3) is 3.00. The summed E-state index contributed by atoms with van der Waals surface area (Å²) in [4.78, 5) is 19.9. The van der Waals surface area contributed by atoms with Crippen LogP contribution in [0, 0.1) is 24.2 Å². The highest BCUT2D eigenvalue weighted by molar-refractivity contribution is 6.05. The van der Waals surface area contributed by atoms with Crippen molar-refractivity contribution in [2.24, 2.45) is 17.3 Å². The van der Waals surface area contributed by atoms with Gasteiger partial charge in [0.2, 0.25) is 0 Å². The van der Waals surface area contributed by atoms with Crippen LogP contribution in [0.5, 0.6) is 0 Å². The fraction of sp³-hybridized carbons (Fsp3) is 0.586. The second kappa shape index (κ2) is 7.84. The first-order valence-corrected chi connectivity index (χ1v) is 13.1. The summed E-state index contributed by atoms with van der Waals surface area (Å²) in [5.74, 6) is 0.154. The summed E-state index contributed by atoms with van der Waals surface area (Å²) in [5, 5.41) is 25.1. The molecule has 36 heavy (non-hydrogen) atoms. The fourth-order valence-corrected chi connectivity index (χ4v) is 7.97. The highest BCUT2D eigenvalue weighted by atomic mass is 16.5. The van der Waals surface area contributed by atoms with Gasteiger partial charge >= 0.3 is 0 Å². The van der Waals surface area contributed by atoms with Crippen molar-refractivity contribution >= 4 is 11.6 Å².